The van der Waals surface area contributed by atoms with Gasteiger partial charge < -0.3 is 9.84 Å². The lowest BCUT2D eigenvalue weighted by atomic mass is 10.1. The molecular weight excluding hydrogens is 376 g/mol. The minimum atomic E-state index is -2.78. The van der Waals surface area contributed by atoms with Crippen LogP contribution in [-0.4, -0.2) is 20.1 Å². The molecule has 1 atom stereocenters. The molecule has 0 saturated heterocycles. The van der Waals surface area contributed by atoms with Crippen LogP contribution in [0.15, 0.2) is 59.1 Å². The summed E-state index contributed by atoms with van der Waals surface area (Å²) in [6.45, 7) is 2.02. The van der Waals surface area contributed by atoms with Crippen LogP contribution in [0.2, 0.25) is 0 Å². The Morgan fingerprint density at radius 3 is 2.45 bits per heavy atom. The Kier molecular flexibility index (Phi) is 5.41. The third-order valence-electron chi connectivity index (χ3n) is 4.44. The molecule has 0 radical (unpaired) electrons. The zero-order valence-corrected chi connectivity index (χ0v) is 15.7. The summed E-state index contributed by atoms with van der Waals surface area (Å²) in [5.74, 6) is 0.714. The highest BCUT2D eigenvalue weighted by atomic mass is 19.3. The van der Waals surface area contributed by atoms with Gasteiger partial charge in [0.2, 0.25) is 5.89 Å². The van der Waals surface area contributed by atoms with Crippen molar-refractivity contribution in [2.24, 2.45) is 0 Å². The number of nitrogens with zero attached hydrogens (tertiary/aromatic N) is 4. The molecular formula is C21H19F2N5O. The molecule has 0 bridgehead atoms. The molecule has 1 N–H and O–H groups in total. The number of anilines is 1. The van der Waals surface area contributed by atoms with E-state index in [-0.39, 0.29) is 0 Å². The van der Waals surface area contributed by atoms with E-state index in [0.29, 0.717) is 34.9 Å². The van der Waals surface area contributed by atoms with Gasteiger partial charge in [0.15, 0.2) is 11.6 Å². The van der Waals surface area contributed by atoms with Gasteiger partial charge in [-0.2, -0.15) is 4.98 Å². The van der Waals surface area contributed by atoms with Gasteiger partial charge in [-0.05, 0) is 24.1 Å². The van der Waals surface area contributed by atoms with E-state index in [1.807, 2.05) is 43.3 Å². The van der Waals surface area contributed by atoms with E-state index in [1.54, 1.807) is 18.2 Å². The normalized spacial score (nSPS) is 12.4. The fourth-order valence-corrected chi connectivity index (χ4v) is 3.08. The number of benzene rings is 2. The van der Waals surface area contributed by atoms with E-state index in [4.69, 9.17) is 4.52 Å². The zero-order valence-electron chi connectivity index (χ0n) is 15.7. The zero-order chi connectivity index (χ0) is 20.2. The summed E-state index contributed by atoms with van der Waals surface area (Å²) in [5.41, 5.74) is 1.30. The Balaban J connectivity index is 1.80. The van der Waals surface area contributed by atoms with Gasteiger partial charge in [0.25, 0.3) is 6.43 Å². The number of alkyl halides is 2. The monoisotopic (exact) mass is 395 g/mol. The highest BCUT2D eigenvalue weighted by Gasteiger charge is 2.23. The van der Waals surface area contributed by atoms with E-state index < -0.39 is 18.3 Å². The first-order valence-electron chi connectivity index (χ1n) is 9.34. The van der Waals surface area contributed by atoms with E-state index in [2.05, 4.69) is 25.4 Å². The van der Waals surface area contributed by atoms with Crippen molar-refractivity contribution < 1.29 is 13.3 Å². The summed E-state index contributed by atoms with van der Waals surface area (Å²) < 4.78 is 32.0. The number of aromatic nitrogens is 4. The summed E-state index contributed by atoms with van der Waals surface area (Å²) in [7, 11) is 0. The second-order valence-corrected chi connectivity index (χ2v) is 6.53. The molecule has 29 heavy (non-hydrogen) atoms. The maximum atomic E-state index is 13.4. The highest BCUT2D eigenvalue weighted by molar-refractivity contribution is 5.89. The van der Waals surface area contributed by atoms with E-state index in [9.17, 15) is 8.78 Å². The van der Waals surface area contributed by atoms with Crippen molar-refractivity contribution in [1.82, 2.24) is 20.1 Å². The fraction of sp³-hybridized carbons (Fsp3) is 0.238. The van der Waals surface area contributed by atoms with Crippen molar-refractivity contribution in [3.8, 4) is 0 Å². The van der Waals surface area contributed by atoms with Crippen LogP contribution >= 0.6 is 0 Å². The largest absolute Gasteiger partial charge is 0.355 e. The fourth-order valence-electron chi connectivity index (χ4n) is 3.08. The van der Waals surface area contributed by atoms with E-state index in [0.717, 1.165) is 12.0 Å². The third kappa shape index (κ3) is 4.06. The quantitative estimate of drug-likeness (QED) is 0.469. The Bertz CT molecular complexity index is 1100. The van der Waals surface area contributed by atoms with Crippen LogP contribution in [0.5, 0.6) is 0 Å². The van der Waals surface area contributed by atoms with E-state index in [1.165, 1.54) is 0 Å². The number of hydrogen-bond acceptors (Lipinski definition) is 6. The Labute approximate surface area is 166 Å². The first kappa shape index (κ1) is 18.9. The summed E-state index contributed by atoms with van der Waals surface area (Å²) in [5, 5.41) is 7.98. The molecule has 0 aliphatic heterocycles. The molecule has 0 fully saturated rings. The summed E-state index contributed by atoms with van der Waals surface area (Å²) in [4.78, 5) is 12.5. The van der Waals surface area contributed by atoms with Crippen molar-refractivity contribution in [2.75, 3.05) is 5.32 Å². The molecule has 2 aromatic carbocycles. The lowest BCUT2D eigenvalue weighted by Gasteiger charge is -2.18. The number of rotatable bonds is 7. The van der Waals surface area contributed by atoms with Crippen LogP contribution in [0, 0.1) is 0 Å². The van der Waals surface area contributed by atoms with Crippen LogP contribution in [0.25, 0.3) is 10.9 Å². The van der Waals surface area contributed by atoms with Crippen LogP contribution < -0.4 is 5.32 Å². The maximum Gasteiger partial charge on any atom is 0.297 e. The van der Waals surface area contributed by atoms with Crippen molar-refractivity contribution in [3.05, 3.63) is 77.7 Å². The summed E-state index contributed by atoms with van der Waals surface area (Å²) in [6.07, 6.45) is -1.24. The van der Waals surface area contributed by atoms with Gasteiger partial charge in [0.05, 0.1) is 5.52 Å². The first-order valence-corrected chi connectivity index (χ1v) is 9.34. The number of fused-ring (bicyclic) bond motifs is 1. The molecule has 4 aromatic rings. The number of halogens is 2. The topological polar surface area (TPSA) is 76.7 Å². The number of aryl methyl sites for hydroxylation is 1. The molecule has 6 nitrogen and oxygen atoms in total. The molecule has 4 rings (SSSR count). The minimum Gasteiger partial charge on any atom is -0.355 e. The lowest BCUT2D eigenvalue weighted by Crippen LogP contribution is -2.16. The molecule has 8 heteroatoms. The molecule has 2 aromatic heterocycles. The Hall–Kier alpha value is -3.42. The van der Waals surface area contributed by atoms with Gasteiger partial charge in [-0.1, -0.05) is 54.5 Å². The molecule has 0 saturated carbocycles. The molecule has 2 heterocycles. The van der Waals surface area contributed by atoms with Crippen LogP contribution in [-0.2, 0) is 6.42 Å². The van der Waals surface area contributed by atoms with Crippen LogP contribution in [0.4, 0.5) is 14.6 Å². The summed E-state index contributed by atoms with van der Waals surface area (Å²) >= 11 is 0. The predicted molar refractivity (Wildman–Crippen MR) is 105 cm³/mol. The molecule has 1 unspecified atom stereocenters. The van der Waals surface area contributed by atoms with Crippen LogP contribution in [0.3, 0.4) is 0 Å². The van der Waals surface area contributed by atoms with E-state index >= 15 is 0 Å². The number of para-hydroxylation sites is 1. The molecule has 148 valence electrons. The molecule has 0 spiro atoms. The Morgan fingerprint density at radius 2 is 1.69 bits per heavy atom. The average Bonchev–Trinajstić information content (AvgIpc) is 3.21. The second-order valence-electron chi connectivity index (χ2n) is 6.53. The SMILES string of the molecule is CCCc1nc(C(Nc2nc(C(F)F)nc3ccccc23)c2ccccc2)no1. The maximum absolute atomic E-state index is 13.4. The second kappa shape index (κ2) is 8.30. The van der Waals surface area contributed by atoms with Gasteiger partial charge in [0, 0.05) is 11.8 Å². The van der Waals surface area contributed by atoms with Crippen molar-refractivity contribution in [2.45, 2.75) is 32.2 Å². The summed E-state index contributed by atoms with van der Waals surface area (Å²) in [6, 6.07) is 16.0. The van der Waals surface area contributed by atoms with Crippen molar-refractivity contribution in [1.29, 1.82) is 0 Å². The van der Waals surface area contributed by atoms with Crippen molar-refractivity contribution in [3.63, 3.8) is 0 Å². The van der Waals surface area contributed by atoms with Gasteiger partial charge in [-0.3, -0.25) is 0 Å². The van der Waals surface area contributed by atoms with Crippen molar-refractivity contribution >= 4 is 16.7 Å². The standard InChI is InChI=1S/C21H19F2N5O/c1-2-8-16-25-20(28-29-16)17(13-9-4-3-5-10-13)26-19-14-11-6-7-12-15(14)24-21(27-19)18(22)23/h3-7,9-12,17-18H,2,8H2,1H3,(H,24,26,27). The lowest BCUT2D eigenvalue weighted by molar-refractivity contribution is 0.141. The third-order valence-corrected chi connectivity index (χ3v) is 4.44. The molecule has 0 aliphatic carbocycles. The molecule has 0 aliphatic rings. The molecule has 0 amide bonds. The number of hydrogen-bond donors (Lipinski definition) is 1. The van der Waals surface area contributed by atoms with Crippen LogP contribution in [0.1, 0.15) is 48.9 Å². The van der Waals surface area contributed by atoms with Gasteiger partial charge >= 0.3 is 0 Å². The first-order chi connectivity index (χ1) is 14.2. The number of nitrogens with one attached hydrogen (secondary N) is 1. The van der Waals surface area contributed by atoms with Gasteiger partial charge in [-0.25, -0.2) is 18.7 Å². The van der Waals surface area contributed by atoms with Gasteiger partial charge in [-0.15, -0.1) is 0 Å². The predicted octanol–water partition coefficient (Wildman–Crippen LogP) is 5.10. The average molecular weight is 395 g/mol. The smallest absolute Gasteiger partial charge is 0.297 e. The van der Waals surface area contributed by atoms with Gasteiger partial charge in [0.1, 0.15) is 11.9 Å². The Morgan fingerprint density at radius 1 is 0.931 bits per heavy atom. The minimum absolute atomic E-state index is 0.293. The highest BCUT2D eigenvalue weighted by Crippen LogP contribution is 2.30.